The Morgan fingerprint density at radius 2 is 0.864 bits per heavy atom. The fourth-order valence-electron chi connectivity index (χ4n) is 6.06. The summed E-state index contributed by atoms with van der Waals surface area (Å²) in [6.07, 6.45) is 43.8. The third kappa shape index (κ3) is 34.2. The number of halogens is 4. The fourth-order valence-corrected chi connectivity index (χ4v) is 6.06. The molecule has 2 aliphatic rings. The van der Waals surface area contributed by atoms with Crippen molar-refractivity contribution in [3.8, 4) is 0 Å². The van der Waals surface area contributed by atoms with Crippen LogP contribution < -0.4 is 10.6 Å². The number of unbranched alkanes of at least 4 members (excludes halogenated alkanes) is 16. The van der Waals surface area contributed by atoms with Crippen molar-refractivity contribution in [1.29, 1.82) is 0 Å². The number of carbonyl (C=O) groups is 2. The van der Waals surface area contributed by atoms with E-state index in [0.29, 0.717) is 49.9 Å². The first-order valence-electron chi connectivity index (χ1n) is 22.0. The van der Waals surface area contributed by atoms with E-state index in [1.54, 1.807) is 0 Å². The Morgan fingerprint density at radius 1 is 0.525 bits per heavy atom. The Bertz CT molecular complexity index is 1350. The number of amides is 2. The van der Waals surface area contributed by atoms with Gasteiger partial charge in [0, 0.05) is 49.2 Å². The predicted molar refractivity (Wildman–Crippen MR) is 231 cm³/mol. The Labute approximate surface area is 370 Å². The van der Waals surface area contributed by atoms with Crippen molar-refractivity contribution >= 4 is 11.8 Å². The van der Waals surface area contributed by atoms with Crippen molar-refractivity contribution in [1.82, 2.24) is 10.6 Å². The van der Waals surface area contributed by atoms with Gasteiger partial charge in [0.05, 0.1) is 0 Å². The molecule has 0 saturated carbocycles. The number of hydrogen-bond acceptors (Lipinski definition) is 2. The number of rotatable bonds is 26. The second-order valence-corrected chi connectivity index (χ2v) is 14.7. The van der Waals surface area contributed by atoms with E-state index < -0.39 is 23.3 Å². The smallest absolute Gasteiger partial charge is 0.357 e. The molecule has 2 amide bonds. The molecule has 0 radical (unpaired) electrons. The molecule has 0 atom stereocenters. The van der Waals surface area contributed by atoms with Crippen LogP contribution in [0.1, 0.15) is 166 Å². The van der Waals surface area contributed by atoms with E-state index in [0.717, 1.165) is 38.5 Å². The summed E-state index contributed by atoms with van der Waals surface area (Å²) < 4.78 is 52.2. The second-order valence-electron chi connectivity index (χ2n) is 14.7. The van der Waals surface area contributed by atoms with Crippen LogP contribution in [0.15, 0.2) is 60.7 Å². The van der Waals surface area contributed by atoms with E-state index in [1.807, 2.05) is 36.4 Å². The molecule has 2 aromatic carbocycles. The molecule has 0 heterocycles. The van der Waals surface area contributed by atoms with Crippen LogP contribution in [0, 0.1) is 47.6 Å². The second kappa shape index (κ2) is 40.2. The van der Waals surface area contributed by atoms with Crippen molar-refractivity contribution in [2.75, 3.05) is 13.1 Å². The zero-order valence-electron chi connectivity index (χ0n) is 36.0. The number of carbonyl (C=O) groups excluding carboxylic acids is 2. The van der Waals surface area contributed by atoms with Gasteiger partial charge < -0.3 is 10.6 Å². The molecule has 0 aliphatic heterocycles. The largest absolute Gasteiger partial charge is 4.00 e. The van der Waals surface area contributed by atoms with Gasteiger partial charge in [0.15, 0.2) is 0 Å². The van der Waals surface area contributed by atoms with Crippen molar-refractivity contribution in [2.24, 2.45) is 0 Å². The van der Waals surface area contributed by atoms with E-state index in [1.165, 1.54) is 114 Å². The molecule has 0 aromatic heterocycles. The molecule has 0 fully saturated rings. The number of benzene rings is 2. The molecule has 0 bridgehead atoms. The standard InChI is InChI=1S/2C20H30F2NO.2C5H5.Ti/c2*1-2-3-4-5-6-7-8-9-10-11-20(24)23-15-14-17-12-13-18(21)16-19(17)22;2*1-2-4-5-3-1;/h2*12-13H,2-11,14-15H2,1H3,(H,23,24);2*1-3H,4H2;/q4*-1;+4. The van der Waals surface area contributed by atoms with Crippen LogP contribution in [0.25, 0.3) is 0 Å². The van der Waals surface area contributed by atoms with Crippen molar-refractivity contribution in [2.45, 2.75) is 168 Å². The first-order valence-corrected chi connectivity index (χ1v) is 22.0. The Morgan fingerprint density at radius 3 is 1.14 bits per heavy atom. The molecule has 0 spiro atoms. The minimum absolute atomic E-state index is 0. The van der Waals surface area contributed by atoms with E-state index in [9.17, 15) is 27.2 Å². The van der Waals surface area contributed by atoms with Gasteiger partial charge in [-0.2, -0.15) is 24.3 Å². The zero-order chi connectivity index (χ0) is 42.3. The molecule has 0 saturated heterocycles. The molecule has 0 unspecified atom stereocenters. The first-order chi connectivity index (χ1) is 28.3. The van der Waals surface area contributed by atoms with Crippen molar-refractivity contribution < 1.29 is 48.9 Å². The summed E-state index contributed by atoms with van der Waals surface area (Å²) in [4.78, 5) is 23.4. The molecule has 4 rings (SSSR count). The summed E-state index contributed by atoms with van der Waals surface area (Å²) in [5.41, 5.74) is 0.750. The molecule has 9 heteroatoms. The van der Waals surface area contributed by atoms with E-state index in [2.05, 4.69) is 48.8 Å². The third-order valence-corrected chi connectivity index (χ3v) is 9.50. The van der Waals surface area contributed by atoms with Gasteiger partial charge in [0.25, 0.3) is 0 Å². The Kier molecular flexibility index (Phi) is 38.0. The molecule has 4 nitrogen and oxygen atoms in total. The van der Waals surface area contributed by atoms with Crippen molar-refractivity contribution in [3.63, 3.8) is 0 Å². The van der Waals surface area contributed by atoms with Gasteiger partial charge in [-0.15, -0.1) is 48.2 Å². The molecular formula is C50H70F4N2O2Ti. The third-order valence-electron chi connectivity index (χ3n) is 9.50. The van der Waals surface area contributed by atoms with Gasteiger partial charge >= 0.3 is 21.7 Å². The van der Waals surface area contributed by atoms with Crippen LogP contribution in [-0.4, -0.2) is 24.9 Å². The first kappa shape index (κ1) is 55.8. The van der Waals surface area contributed by atoms with Crippen LogP contribution in [0.2, 0.25) is 0 Å². The average molecular weight is 855 g/mol. The van der Waals surface area contributed by atoms with Crippen LogP contribution in [0.5, 0.6) is 0 Å². The van der Waals surface area contributed by atoms with Gasteiger partial charge in [-0.1, -0.05) is 129 Å². The fraction of sp³-hybridized carbons (Fsp3) is 0.560. The maximum atomic E-state index is 13.4. The van der Waals surface area contributed by atoms with E-state index in [4.69, 9.17) is 0 Å². The minimum atomic E-state index is -0.703. The number of hydrogen-bond donors (Lipinski definition) is 2. The number of nitrogens with one attached hydrogen (secondary N) is 2. The van der Waals surface area contributed by atoms with Crippen LogP contribution >= 0.6 is 0 Å². The summed E-state index contributed by atoms with van der Waals surface area (Å²) in [6.45, 7) is 5.18. The van der Waals surface area contributed by atoms with Crippen molar-refractivity contribution in [3.05, 3.63) is 119 Å². The van der Waals surface area contributed by atoms with E-state index >= 15 is 0 Å². The number of allylic oxidation sites excluding steroid dienone is 8. The zero-order valence-corrected chi connectivity index (χ0v) is 37.5. The van der Waals surface area contributed by atoms with Crippen LogP contribution in [0.4, 0.5) is 17.6 Å². The summed E-state index contributed by atoms with van der Waals surface area (Å²) in [6, 6.07) is 9.16. The summed E-state index contributed by atoms with van der Waals surface area (Å²) in [7, 11) is 0. The minimum Gasteiger partial charge on any atom is -0.357 e. The van der Waals surface area contributed by atoms with Crippen LogP contribution in [-0.2, 0) is 44.1 Å². The molecule has 59 heavy (non-hydrogen) atoms. The molecule has 2 aromatic rings. The summed E-state index contributed by atoms with van der Waals surface area (Å²) in [5, 5.41) is 5.57. The van der Waals surface area contributed by atoms with E-state index in [-0.39, 0.29) is 33.5 Å². The maximum Gasteiger partial charge on any atom is 4.00 e. The molecule has 2 N–H and O–H groups in total. The molecular weight excluding hydrogens is 784 g/mol. The van der Waals surface area contributed by atoms with Gasteiger partial charge in [0.1, 0.15) is 0 Å². The maximum absolute atomic E-state index is 13.4. The normalized spacial score (nSPS) is 11.8. The average Bonchev–Trinajstić information content (AvgIpc) is 4.00. The van der Waals surface area contributed by atoms with Gasteiger partial charge in [-0.3, -0.25) is 21.7 Å². The Balaban J connectivity index is 0.000000903. The van der Waals surface area contributed by atoms with Gasteiger partial charge in [-0.25, -0.2) is 41.9 Å². The summed E-state index contributed by atoms with van der Waals surface area (Å²) in [5.74, 6) is -2.75. The summed E-state index contributed by atoms with van der Waals surface area (Å²) >= 11 is 0. The van der Waals surface area contributed by atoms with Crippen LogP contribution in [0.3, 0.4) is 0 Å². The SMILES string of the molecule is CCCCCCCCCCCC(=O)NCCc1ccc(F)[c-]c1F.CCCCCCCCCCCC(=O)NCCc1ccc(F)[c-]c1F.[C-]1=CC=CC1.[C-]1=CC=CC1.[Ti+4]. The monoisotopic (exact) mass is 854 g/mol. The molecule has 2 aliphatic carbocycles. The predicted octanol–water partition coefficient (Wildman–Crippen LogP) is 13.3. The van der Waals surface area contributed by atoms with Gasteiger partial charge in [0.2, 0.25) is 11.8 Å². The Hall–Kier alpha value is -3.23. The van der Waals surface area contributed by atoms with Gasteiger partial charge in [-0.05, 0) is 12.8 Å². The quantitative estimate of drug-likeness (QED) is 0.0429. The molecule has 324 valence electrons. The topological polar surface area (TPSA) is 58.2 Å².